The average molecular weight is 281 g/mol. The van der Waals surface area contributed by atoms with Crippen LogP contribution in [0.4, 0.5) is 5.69 Å². The Bertz CT molecular complexity index is 294. The van der Waals surface area contributed by atoms with Crippen LogP contribution in [0.2, 0.25) is 0 Å². The van der Waals surface area contributed by atoms with Crippen LogP contribution in [0.15, 0.2) is 30.3 Å². The van der Waals surface area contributed by atoms with Gasteiger partial charge in [-0.1, -0.05) is 18.2 Å². The average Bonchev–Trinajstić information content (AvgIpc) is 2.54. The van der Waals surface area contributed by atoms with Crippen LogP contribution in [0.5, 0.6) is 0 Å². The molecule has 2 rings (SSSR count). The number of carbonyl (C=O) groups excluding carboxylic acids is 1. The Morgan fingerprint density at radius 2 is 1.86 bits per heavy atom. The van der Waals surface area contributed by atoms with E-state index in [1.54, 1.807) is 0 Å². The molecule has 1 aliphatic rings. The summed E-state index contributed by atoms with van der Waals surface area (Å²) in [7, 11) is 0. The minimum atomic E-state index is 0. The summed E-state index contributed by atoms with van der Waals surface area (Å²) < 4.78 is 0. The fourth-order valence-electron chi connectivity index (χ4n) is 1.28. The largest absolute Gasteiger partial charge is 1.00 e. The molecule has 1 aromatic rings. The maximum Gasteiger partial charge on any atom is 1.00 e. The molecule has 1 fully saturated rings. The molecule has 70 valence electrons. The van der Waals surface area contributed by atoms with Gasteiger partial charge in [0.1, 0.15) is 0 Å². The van der Waals surface area contributed by atoms with Crippen LogP contribution in [0.25, 0.3) is 0 Å². The number of benzene rings is 1. The van der Waals surface area contributed by atoms with Gasteiger partial charge in [0.2, 0.25) is 5.91 Å². The number of halogens is 1. The normalized spacial score (nSPS) is 14.0. The molecule has 0 aromatic heterocycles. The van der Waals surface area contributed by atoms with Crippen molar-refractivity contribution >= 4 is 11.6 Å². The Hall–Kier alpha value is 0.606. The Labute approximate surface area is 136 Å². The first-order valence-corrected chi connectivity index (χ1v) is 3.98. The van der Waals surface area contributed by atoms with Gasteiger partial charge in [-0.2, -0.15) is 0 Å². The van der Waals surface area contributed by atoms with Gasteiger partial charge < -0.3 is 17.0 Å². The second-order valence-corrected chi connectivity index (χ2v) is 2.77. The van der Waals surface area contributed by atoms with Crippen molar-refractivity contribution in [2.24, 2.45) is 0 Å². The van der Waals surface area contributed by atoms with Crippen molar-refractivity contribution in [3.8, 4) is 0 Å². The summed E-state index contributed by atoms with van der Waals surface area (Å²) in [6.07, 6.45) is 0.592. The molecule has 1 heterocycles. The summed E-state index contributed by atoms with van der Waals surface area (Å²) in [6.45, 7) is 0.767. The Kier molecular flexibility index (Phi) is 7.28. The van der Waals surface area contributed by atoms with E-state index in [2.05, 4.69) is 5.43 Å². The molecule has 0 unspecified atom stereocenters. The quantitative estimate of drug-likeness (QED) is 0.523. The molecule has 1 amide bonds. The molecule has 0 bridgehead atoms. The van der Waals surface area contributed by atoms with E-state index in [1.165, 1.54) is 0 Å². The van der Waals surface area contributed by atoms with E-state index < -0.39 is 0 Å². The molecule has 0 spiro atoms. The smallest absolute Gasteiger partial charge is 1.00 e. The molecule has 14 heavy (non-hydrogen) atoms. The van der Waals surface area contributed by atoms with E-state index >= 15 is 0 Å². The molecule has 1 saturated heterocycles. The van der Waals surface area contributed by atoms with Gasteiger partial charge in [0, 0.05) is 13.0 Å². The number of nitrogens with zero attached hydrogens (tertiary/aromatic N) is 1. The van der Waals surface area contributed by atoms with Crippen molar-refractivity contribution in [1.82, 2.24) is 5.43 Å². The van der Waals surface area contributed by atoms with Gasteiger partial charge in [0.15, 0.2) is 0 Å². The molecule has 1 N–H and O–H groups in total. The molecule has 1 aliphatic heterocycles. The summed E-state index contributed by atoms with van der Waals surface area (Å²) in [5, 5.41) is 1.86. The fraction of sp³-hybridized carbons (Fsp3) is 0.222. The number of hydrogen-bond acceptors (Lipinski definition) is 2. The van der Waals surface area contributed by atoms with Crippen LogP contribution >= 0.6 is 0 Å². The first kappa shape index (κ1) is 14.6. The van der Waals surface area contributed by atoms with Crippen LogP contribution in [-0.4, -0.2) is 12.5 Å². The third-order valence-electron chi connectivity index (χ3n) is 1.89. The zero-order valence-electron chi connectivity index (χ0n) is 8.03. The van der Waals surface area contributed by atoms with Crippen LogP contribution in [0, 0.1) is 0 Å². The fourth-order valence-corrected chi connectivity index (χ4v) is 1.28. The van der Waals surface area contributed by atoms with Gasteiger partial charge >= 0.3 is 51.4 Å². The van der Waals surface area contributed by atoms with Gasteiger partial charge in [-0.25, -0.2) is 0 Å². The molecule has 1 aromatic carbocycles. The van der Waals surface area contributed by atoms with Crippen molar-refractivity contribution in [2.75, 3.05) is 11.6 Å². The number of hydrogen-bond donors (Lipinski definition) is 1. The van der Waals surface area contributed by atoms with Crippen LogP contribution in [-0.2, 0) is 4.79 Å². The molecule has 0 saturated carbocycles. The Morgan fingerprint density at radius 3 is 2.36 bits per heavy atom. The summed E-state index contributed by atoms with van der Waals surface area (Å²) in [6, 6.07) is 9.83. The standard InChI is InChI=1S/C9H10N2O.BrH.K/c12-9-6-7-11(10-9)8-4-2-1-3-5-8;;/h1-5H,6-7H2,(H,10,12);1H;/q;;+1/p-1. The van der Waals surface area contributed by atoms with E-state index in [0.717, 1.165) is 12.2 Å². The summed E-state index contributed by atoms with van der Waals surface area (Å²) in [4.78, 5) is 10.9. The number of rotatable bonds is 1. The van der Waals surface area contributed by atoms with Gasteiger partial charge in [0.05, 0.1) is 5.69 Å². The monoisotopic (exact) mass is 280 g/mol. The van der Waals surface area contributed by atoms with Crippen molar-refractivity contribution in [1.29, 1.82) is 0 Å². The number of hydrazine groups is 1. The molecule has 0 aliphatic carbocycles. The van der Waals surface area contributed by atoms with E-state index in [-0.39, 0.29) is 74.3 Å². The van der Waals surface area contributed by atoms with E-state index in [4.69, 9.17) is 0 Å². The molecular weight excluding hydrogens is 271 g/mol. The zero-order chi connectivity index (χ0) is 8.39. The summed E-state index contributed by atoms with van der Waals surface area (Å²) in [5.74, 6) is 0.0962. The topological polar surface area (TPSA) is 32.3 Å². The van der Waals surface area contributed by atoms with Crippen molar-refractivity contribution in [3.05, 3.63) is 30.3 Å². The molecule has 0 radical (unpaired) electrons. The van der Waals surface area contributed by atoms with Crippen LogP contribution in [0.1, 0.15) is 6.42 Å². The van der Waals surface area contributed by atoms with E-state index in [9.17, 15) is 4.79 Å². The van der Waals surface area contributed by atoms with E-state index in [1.807, 2.05) is 35.3 Å². The van der Waals surface area contributed by atoms with Gasteiger partial charge in [-0.3, -0.25) is 15.2 Å². The number of carbonyl (C=O) groups is 1. The van der Waals surface area contributed by atoms with Crippen molar-refractivity contribution < 1.29 is 73.2 Å². The van der Waals surface area contributed by atoms with Crippen molar-refractivity contribution in [3.63, 3.8) is 0 Å². The first-order valence-electron chi connectivity index (χ1n) is 3.98. The maximum atomic E-state index is 10.9. The molecular formula is C9H10BrKN2O. The summed E-state index contributed by atoms with van der Waals surface area (Å²) >= 11 is 0. The predicted octanol–water partition coefficient (Wildman–Crippen LogP) is -5.06. The minimum absolute atomic E-state index is 0. The number of anilines is 1. The van der Waals surface area contributed by atoms with Crippen LogP contribution < -0.4 is 78.8 Å². The first-order chi connectivity index (χ1) is 5.86. The van der Waals surface area contributed by atoms with Crippen LogP contribution in [0.3, 0.4) is 0 Å². The molecule has 3 nitrogen and oxygen atoms in total. The third-order valence-corrected chi connectivity index (χ3v) is 1.89. The zero-order valence-corrected chi connectivity index (χ0v) is 12.7. The second kappa shape index (κ2) is 6.98. The van der Waals surface area contributed by atoms with Crippen molar-refractivity contribution in [2.45, 2.75) is 6.42 Å². The minimum Gasteiger partial charge on any atom is -1.00 e. The molecule has 0 atom stereocenters. The van der Waals surface area contributed by atoms with Gasteiger partial charge in [-0.05, 0) is 12.1 Å². The molecule has 5 heteroatoms. The predicted molar refractivity (Wildman–Crippen MR) is 46.5 cm³/mol. The van der Waals surface area contributed by atoms with Gasteiger partial charge in [-0.15, -0.1) is 0 Å². The third kappa shape index (κ3) is 3.64. The van der Waals surface area contributed by atoms with Gasteiger partial charge in [0.25, 0.3) is 0 Å². The van der Waals surface area contributed by atoms with E-state index in [0.29, 0.717) is 6.42 Å². The SMILES string of the molecule is O=C1CCN(c2ccccc2)N1.[Br-].[K+]. The summed E-state index contributed by atoms with van der Waals surface area (Å²) in [5.41, 5.74) is 3.81. The second-order valence-electron chi connectivity index (χ2n) is 2.77. The number of nitrogens with one attached hydrogen (secondary N) is 1. The Morgan fingerprint density at radius 1 is 1.21 bits per heavy atom. The Balaban J connectivity index is 0.000000845. The number of para-hydroxylation sites is 1. The number of amides is 1. The maximum absolute atomic E-state index is 10.9.